The van der Waals surface area contributed by atoms with Gasteiger partial charge in [0.15, 0.2) is 11.5 Å². The summed E-state index contributed by atoms with van der Waals surface area (Å²) in [7, 11) is 6.03. The minimum Gasteiger partial charge on any atom is -0.497 e. The molecule has 0 aromatic heterocycles. The number of hydrogen-bond acceptors (Lipinski definition) is 8. The van der Waals surface area contributed by atoms with Crippen molar-refractivity contribution in [3.8, 4) is 23.0 Å². The molecule has 3 rings (SSSR count). The fourth-order valence-corrected chi connectivity index (χ4v) is 4.02. The number of amides is 3. The van der Waals surface area contributed by atoms with Gasteiger partial charge in [-0.3, -0.25) is 19.3 Å². The van der Waals surface area contributed by atoms with E-state index in [0.717, 1.165) is 16.7 Å². The van der Waals surface area contributed by atoms with Crippen LogP contribution in [0.4, 0.5) is 4.79 Å². The molecule has 1 saturated heterocycles. The minimum absolute atomic E-state index is 0.0547. The lowest BCUT2D eigenvalue weighted by Crippen LogP contribution is -2.37. The van der Waals surface area contributed by atoms with Crippen molar-refractivity contribution < 1.29 is 33.3 Å². The molecule has 9 nitrogen and oxygen atoms in total. The number of nitrogens with zero attached hydrogens (tertiary/aromatic N) is 1. The van der Waals surface area contributed by atoms with Crippen LogP contribution in [0, 0.1) is 0 Å². The van der Waals surface area contributed by atoms with Crippen molar-refractivity contribution in [2.24, 2.45) is 0 Å². The first kappa shape index (κ1) is 24.0. The van der Waals surface area contributed by atoms with Crippen LogP contribution in [0.5, 0.6) is 23.0 Å². The molecule has 0 saturated carbocycles. The lowest BCUT2D eigenvalue weighted by molar-refractivity contribution is -0.122. The number of nitrogens with one attached hydrogen (secondary N) is 1. The molecule has 0 atom stereocenters. The zero-order valence-corrected chi connectivity index (χ0v) is 19.5. The van der Waals surface area contributed by atoms with Gasteiger partial charge in [0, 0.05) is 18.7 Å². The Balaban J connectivity index is 1.66. The molecule has 0 bridgehead atoms. The monoisotopic (exact) mass is 472 g/mol. The molecular formula is C23H24N2O7S. The summed E-state index contributed by atoms with van der Waals surface area (Å²) in [6, 6.07) is 10.00. The van der Waals surface area contributed by atoms with Gasteiger partial charge in [0.05, 0.1) is 33.3 Å². The molecule has 33 heavy (non-hydrogen) atoms. The van der Waals surface area contributed by atoms with Gasteiger partial charge in [0.1, 0.15) is 5.75 Å². The van der Waals surface area contributed by atoms with E-state index >= 15 is 0 Å². The molecule has 0 unspecified atom stereocenters. The molecule has 1 fully saturated rings. The van der Waals surface area contributed by atoms with E-state index in [1.807, 2.05) is 0 Å². The van der Waals surface area contributed by atoms with E-state index in [1.54, 1.807) is 49.6 Å². The predicted molar refractivity (Wildman–Crippen MR) is 124 cm³/mol. The van der Waals surface area contributed by atoms with Crippen molar-refractivity contribution in [2.75, 3.05) is 41.5 Å². The summed E-state index contributed by atoms with van der Waals surface area (Å²) in [4.78, 5) is 38.8. The highest BCUT2D eigenvalue weighted by Gasteiger charge is 2.34. The topological polar surface area (TPSA) is 103 Å². The highest BCUT2D eigenvalue weighted by Crippen LogP contribution is 2.40. The summed E-state index contributed by atoms with van der Waals surface area (Å²) < 4.78 is 21.0. The van der Waals surface area contributed by atoms with Crippen molar-refractivity contribution >= 4 is 34.9 Å². The maximum atomic E-state index is 12.8. The van der Waals surface area contributed by atoms with Crippen molar-refractivity contribution in [3.63, 3.8) is 0 Å². The SMILES string of the molecule is COc1ccc(C(=O)NCCN2C(=O)SC(=Cc3cc(OC)c(OC)c(OC)c3)C2=O)cc1. The maximum absolute atomic E-state index is 12.8. The van der Waals surface area contributed by atoms with E-state index in [4.69, 9.17) is 18.9 Å². The molecule has 174 valence electrons. The Morgan fingerprint density at radius 3 is 2.15 bits per heavy atom. The molecule has 1 N–H and O–H groups in total. The molecule has 1 heterocycles. The average molecular weight is 473 g/mol. The maximum Gasteiger partial charge on any atom is 0.293 e. The second-order valence-corrected chi connectivity index (χ2v) is 7.77. The average Bonchev–Trinajstić information content (AvgIpc) is 3.10. The number of methoxy groups -OCH3 is 4. The van der Waals surface area contributed by atoms with E-state index in [-0.39, 0.29) is 23.9 Å². The van der Waals surface area contributed by atoms with Crippen LogP contribution in [-0.4, -0.2) is 63.5 Å². The molecule has 1 aliphatic rings. The lowest BCUT2D eigenvalue weighted by atomic mass is 10.1. The van der Waals surface area contributed by atoms with Crippen LogP contribution >= 0.6 is 11.8 Å². The van der Waals surface area contributed by atoms with Crippen LogP contribution < -0.4 is 24.3 Å². The second-order valence-electron chi connectivity index (χ2n) is 6.78. The van der Waals surface area contributed by atoms with Crippen molar-refractivity contribution in [1.82, 2.24) is 10.2 Å². The second kappa shape index (κ2) is 10.8. The van der Waals surface area contributed by atoms with Gasteiger partial charge >= 0.3 is 0 Å². The number of thioether (sulfide) groups is 1. The fourth-order valence-electron chi connectivity index (χ4n) is 3.15. The third-order valence-corrected chi connectivity index (χ3v) is 5.74. The van der Waals surface area contributed by atoms with Gasteiger partial charge in [-0.25, -0.2) is 0 Å². The first-order valence-corrected chi connectivity index (χ1v) is 10.7. The van der Waals surface area contributed by atoms with Crippen LogP contribution in [0.25, 0.3) is 6.08 Å². The summed E-state index contributed by atoms with van der Waals surface area (Å²) in [5.41, 5.74) is 1.06. The first-order valence-electron chi connectivity index (χ1n) is 9.89. The normalized spacial score (nSPS) is 14.4. The largest absolute Gasteiger partial charge is 0.497 e. The number of ether oxygens (including phenoxy) is 4. The number of carbonyl (C=O) groups is 3. The summed E-state index contributed by atoms with van der Waals surface area (Å²) in [5, 5.41) is 2.31. The zero-order valence-electron chi connectivity index (χ0n) is 18.7. The van der Waals surface area contributed by atoms with Crippen LogP contribution in [0.15, 0.2) is 41.3 Å². The molecule has 10 heteroatoms. The third-order valence-electron chi connectivity index (χ3n) is 4.83. The van der Waals surface area contributed by atoms with Crippen molar-refractivity contribution in [3.05, 3.63) is 52.4 Å². The Labute approximate surface area is 195 Å². The van der Waals surface area contributed by atoms with Crippen LogP contribution in [0.3, 0.4) is 0 Å². The van der Waals surface area contributed by atoms with Gasteiger partial charge < -0.3 is 24.3 Å². The molecule has 1 aliphatic heterocycles. The molecular weight excluding hydrogens is 448 g/mol. The van der Waals surface area contributed by atoms with Gasteiger partial charge in [0.25, 0.3) is 17.1 Å². The van der Waals surface area contributed by atoms with Gasteiger partial charge in [-0.05, 0) is 59.8 Å². The zero-order chi connectivity index (χ0) is 24.0. The minimum atomic E-state index is -0.433. The lowest BCUT2D eigenvalue weighted by Gasteiger charge is -2.13. The van der Waals surface area contributed by atoms with Gasteiger partial charge in [0.2, 0.25) is 5.75 Å². The predicted octanol–water partition coefficient (Wildman–Crippen LogP) is 3.19. The van der Waals surface area contributed by atoms with E-state index in [9.17, 15) is 14.4 Å². The Morgan fingerprint density at radius 1 is 0.970 bits per heavy atom. The van der Waals surface area contributed by atoms with Gasteiger partial charge in [-0.15, -0.1) is 0 Å². The Hall–Kier alpha value is -3.66. The molecule has 2 aromatic carbocycles. The molecule has 2 aromatic rings. The van der Waals surface area contributed by atoms with Gasteiger partial charge in [-0.2, -0.15) is 0 Å². The van der Waals surface area contributed by atoms with E-state index < -0.39 is 11.1 Å². The van der Waals surface area contributed by atoms with Gasteiger partial charge in [-0.1, -0.05) is 0 Å². The fraction of sp³-hybridized carbons (Fsp3) is 0.261. The first-order chi connectivity index (χ1) is 15.9. The molecule has 0 spiro atoms. The standard InChI is InChI=1S/C23H24N2O7S/c1-29-16-7-5-15(6-8-16)21(26)24-9-10-25-22(27)19(33-23(25)28)13-14-11-17(30-2)20(32-4)18(12-14)31-3/h5-8,11-13H,9-10H2,1-4H3,(H,24,26). The van der Waals surface area contributed by atoms with E-state index in [2.05, 4.69) is 5.32 Å². The van der Waals surface area contributed by atoms with Crippen molar-refractivity contribution in [1.29, 1.82) is 0 Å². The summed E-state index contributed by atoms with van der Waals surface area (Å²) in [6.07, 6.45) is 1.59. The number of benzene rings is 2. The Bertz CT molecular complexity index is 1060. The highest BCUT2D eigenvalue weighted by molar-refractivity contribution is 8.18. The Kier molecular flexibility index (Phi) is 7.83. The summed E-state index contributed by atoms with van der Waals surface area (Å²) in [6.45, 7) is 0.180. The van der Waals surface area contributed by atoms with Crippen LogP contribution in [0.2, 0.25) is 0 Å². The summed E-state index contributed by atoms with van der Waals surface area (Å²) >= 11 is 0.832. The number of hydrogen-bond donors (Lipinski definition) is 1. The number of carbonyl (C=O) groups excluding carboxylic acids is 3. The summed E-state index contributed by atoms with van der Waals surface area (Å²) in [5.74, 6) is 1.20. The smallest absolute Gasteiger partial charge is 0.293 e. The molecule has 3 amide bonds. The van der Waals surface area contributed by atoms with Crippen molar-refractivity contribution in [2.45, 2.75) is 0 Å². The van der Waals surface area contributed by atoms with E-state index in [0.29, 0.717) is 34.1 Å². The third kappa shape index (κ3) is 5.40. The quantitative estimate of drug-likeness (QED) is 0.555. The molecule has 0 radical (unpaired) electrons. The number of imide groups is 1. The molecule has 0 aliphatic carbocycles. The number of rotatable bonds is 9. The Morgan fingerprint density at radius 2 is 1.61 bits per heavy atom. The van der Waals surface area contributed by atoms with Crippen LogP contribution in [-0.2, 0) is 4.79 Å². The van der Waals surface area contributed by atoms with Crippen LogP contribution in [0.1, 0.15) is 15.9 Å². The van der Waals surface area contributed by atoms with E-state index in [1.165, 1.54) is 21.3 Å². The highest BCUT2D eigenvalue weighted by atomic mass is 32.2.